The highest BCUT2D eigenvalue weighted by molar-refractivity contribution is 5.38. The van der Waals surface area contributed by atoms with Gasteiger partial charge in [0.2, 0.25) is 0 Å². The van der Waals surface area contributed by atoms with Crippen molar-refractivity contribution in [1.82, 2.24) is 4.98 Å². The zero-order valence-corrected chi connectivity index (χ0v) is 5.90. The second-order valence-electron chi connectivity index (χ2n) is 2.23. The molecule has 0 fully saturated rings. The van der Waals surface area contributed by atoms with Gasteiger partial charge in [0.05, 0.1) is 6.26 Å². The summed E-state index contributed by atoms with van der Waals surface area (Å²) in [6, 6.07) is 3.90. The Balaban J connectivity index is 2.81. The molecule has 0 radical (unpaired) electrons. The van der Waals surface area contributed by atoms with Gasteiger partial charge in [0.25, 0.3) is 0 Å². The highest BCUT2D eigenvalue weighted by Crippen LogP contribution is 1.82. The van der Waals surface area contributed by atoms with Crippen molar-refractivity contribution >= 4 is 12.3 Å². The van der Waals surface area contributed by atoms with Crippen molar-refractivity contribution in [2.45, 2.75) is 0 Å². The average molecular weight is 145 g/mol. The first-order valence-electron chi connectivity index (χ1n) is 3.40. The zero-order chi connectivity index (χ0) is 7.52. The summed E-state index contributed by atoms with van der Waals surface area (Å²) in [6.07, 6.45) is 8.82. The Labute approximate surface area is 64.1 Å². The predicted molar refractivity (Wildman–Crippen MR) is 42.6 cm³/mol. The maximum absolute atomic E-state index is 5.02. The molecule has 1 aliphatic rings. The summed E-state index contributed by atoms with van der Waals surface area (Å²) in [4.78, 5) is 4.13. The number of allylic oxidation sites excluding steroid dienone is 1. The quantitative estimate of drug-likeness (QED) is 0.518. The molecule has 0 spiro atoms. The molecule has 0 atom stereocenters. The van der Waals surface area contributed by atoms with Gasteiger partial charge in [-0.25, -0.2) is 0 Å². The van der Waals surface area contributed by atoms with Crippen LogP contribution in [0.5, 0.6) is 0 Å². The fourth-order valence-corrected chi connectivity index (χ4v) is 0.961. The minimum Gasteiger partial charge on any atom is -0.470 e. The minimum atomic E-state index is 0.873. The number of hydrogen-bond acceptors (Lipinski definition) is 2. The summed E-state index contributed by atoms with van der Waals surface area (Å²) in [5.74, 6) is 0. The first-order valence-corrected chi connectivity index (χ1v) is 3.40. The normalized spacial score (nSPS) is 13.5. The third-order valence-electron chi connectivity index (χ3n) is 1.48. The van der Waals surface area contributed by atoms with Gasteiger partial charge in [-0.3, -0.25) is 4.98 Å². The number of hydrogen-bond donors (Lipinski definition) is 0. The van der Waals surface area contributed by atoms with Gasteiger partial charge in [0.15, 0.2) is 0 Å². The van der Waals surface area contributed by atoms with Crippen molar-refractivity contribution in [2.24, 2.45) is 0 Å². The van der Waals surface area contributed by atoms with E-state index in [1.54, 1.807) is 18.7 Å². The molecule has 2 rings (SSSR count). The third kappa shape index (κ3) is 1.15. The number of nitrogens with zero attached hydrogens (tertiary/aromatic N) is 1. The Hall–Kier alpha value is -1.57. The van der Waals surface area contributed by atoms with Crippen LogP contribution in [0, 0.1) is 0 Å². The molecule has 1 aliphatic heterocycles. The standard InChI is InChI=1S/C9H7NO/c1-3-8-4-2-6-11-7-9(8)10-5-1/h1-7H. The van der Waals surface area contributed by atoms with E-state index >= 15 is 0 Å². The lowest BCUT2D eigenvalue weighted by atomic mass is 10.3. The third-order valence-corrected chi connectivity index (χ3v) is 1.48. The molecule has 1 aromatic heterocycles. The number of ether oxygens (including phenoxy) is 1. The molecule has 0 bridgehead atoms. The largest absolute Gasteiger partial charge is 0.470 e. The Morgan fingerprint density at radius 2 is 2.36 bits per heavy atom. The zero-order valence-electron chi connectivity index (χ0n) is 5.90. The van der Waals surface area contributed by atoms with Crippen LogP contribution in [-0.4, -0.2) is 4.98 Å². The van der Waals surface area contributed by atoms with Crippen LogP contribution < -0.4 is 10.6 Å². The number of fused-ring (bicyclic) bond motifs is 1. The topological polar surface area (TPSA) is 22.1 Å². The van der Waals surface area contributed by atoms with E-state index in [0.29, 0.717) is 0 Å². The summed E-state index contributed by atoms with van der Waals surface area (Å²) < 4.78 is 5.02. The highest BCUT2D eigenvalue weighted by Gasteiger charge is 1.86. The lowest BCUT2D eigenvalue weighted by Crippen LogP contribution is -2.26. The van der Waals surface area contributed by atoms with Crippen molar-refractivity contribution < 1.29 is 4.74 Å². The molecule has 0 saturated heterocycles. The molecule has 2 nitrogen and oxygen atoms in total. The molecule has 0 amide bonds. The Morgan fingerprint density at radius 1 is 1.36 bits per heavy atom. The Kier molecular flexibility index (Phi) is 1.44. The maximum atomic E-state index is 5.02. The van der Waals surface area contributed by atoms with Gasteiger partial charge in [-0.05, 0) is 18.2 Å². The molecule has 0 N–H and O–H groups in total. The fourth-order valence-electron chi connectivity index (χ4n) is 0.961. The van der Waals surface area contributed by atoms with Gasteiger partial charge in [0.1, 0.15) is 11.6 Å². The van der Waals surface area contributed by atoms with Crippen LogP contribution >= 0.6 is 0 Å². The maximum Gasteiger partial charge on any atom is 0.116 e. The van der Waals surface area contributed by atoms with Crippen LogP contribution in [0.2, 0.25) is 0 Å². The van der Waals surface area contributed by atoms with E-state index in [-0.39, 0.29) is 0 Å². The first kappa shape index (κ1) is 6.16. The molecule has 0 aromatic carbocycles. The molecule has 0 saturated carbocycles. The fraction of sp³-hybridized carbons (Fsp3) is 0. The Morgan fingerprint density at radius 3 is 3.36 bits per heavy atom. The minimum absolute atomic E-state index is 0.873. The summed E-state index contributed by atoms with van der Waals surface area (Å²) in [6.45, 7) is 0. The second-order valence-corrected chi connectivity index (χ2v) is 2.23. The highest BCUT2D eigenvalue weighted by atomic mass is 16.5. The smallest absolute Gasteiger partial charge is 0.116 e. The van der Waals surface area contributed by atoms with E-state index in [1.807, 2.05) is 24.3 Å². The summed E-state index contributed by atoms with van der Waals surface area (Å²) in [7, 11) is 0. The predicted octanol–water partition coefficient (Wildman–Crippen LogP) is 0.144. The van der Waals surface area contributed by atoms with E-state index in [1.165, 1.54) is 0 Å². The summed E-state index contributed by atoms with van der Waals surface area (Å²) in [5, 5.41) is 1.96. The van der Waals surface area contributed by atoms with E-state index in [4.69, 9.17) is 4.74 Å². The van der Waals surface area contributed by atoms with Gasteiger partial charge in [-0.1, -0.05) is 6.07 Å². The van der Waals surface area contributed by atoms with Crippen molar-refractivity contribution in [3.63, 3.8) is 0 Å². The molecule has 0 unspecified atom stereocenters. The molecule has 2 heterocycles. The number of pyridine rings is 1. The molecule has 0 aliphatic carbocycles. The van der Waals surface area contributed by atoms with Gasteiger partial charge in [-0.15, -0.1) is 0 Å². The first-order chi connectivity index (χ1) is 5.47. The van der Waals surface area contributed by atoms with Crippen molar-refractivity contribution in [3.8, 4) is 0 Å². The van der Waals surface area contributed by atoms with Gasteiger partial charge in [0, 0.05) is 11.4 Å². The van der Waals surface area contributed by atoms with Crippen LogP contribution in [0.25, 0.3) is 12.3 Å². The second kappa shape index (κ2) is 2.58. The van der Waals surface area contributed by atoms with Gasteiger partial charge < -0.3 is 4.74 Å². The van der Waals surface area contributed by atoms with E-state index < -0.39 is 0 Å². The number of rotatable bonds is 0. The lowest BCUT2D eigenvalue weighted by Gasteiger charge is -1.85. The Bertz CT molecular complexity index is 392. The molecule has 1 aromatic rings. The average Bonchev–Trinajstić information content (AvgIpc) is 2.28. The van der Waals surface area contributed by atoms with Crippen molar-refractivity contribution in [1.29, 1.82) is 0 Å². The summed E-state index contributed by atoms with van der Waals surface area (Å²) in [5.41, 5.74) is 0. The molecule has 11 heavy (non-hydrogen) atoms. The van der Waals surface area contributed by atoms with E-state index in [2.05, 4.69) is 4.98 Å². The number of aromatic nitrogens is 1. The lowest BCUT2D eigenvalue weighted by molar-refractivity contribution is 0.460. The van der Waals surface area contributed by atoms with Crippen molar-refractivity contribution in [3.05, 3.63) is 41.2 Å². The van der Waals surface area contributed by atoms with E-state index in [0.717, 1.165) is 10.6 Å². The molecular formula is C9H7NO. The van der Waals surface area contributed by atoms with E-state index in [9.17, 15) is 0 Å². The molecular weight excluding hydrogens is 138 g/mol. The monoisotopic (exact) mass is 145 g/mol. The van der Waals surface area contributed by atoms with Crippen molar-refractivity contribution in [2.75, 3.05) is 0 Å². The molecule has 54 valence electrons. The van der Waals surface area contributed by atoms with Gasteiger partial charge >= 0.3 is 0 Å². The SMILES string of the molecule is C1=COC=c2ncccc2=C1. The van der Waals surface area contributed by atoms with Crippen LogP contribution in [0.4, 0.5) is 0 Å². The molecule has 2 heteroatoms. The van der Waals surface area contributed by atoms with Crippen LogP contribution in [0.15, 0.2) is 30.7 Å². The van der Waals surface area contributed by atoms with Crippen LogP contribution in [0.3, 0.4) is 0 Å². The van der Waals surface area contributed by atoms with Crippen LogP contribution in [-0.2, 0) is 4.74 Å². The summed E-state index contributed by atoms with van der Waals surface area (Å²) >= 11 is 0. The van der Waals surface area contributed by atoms with Crippen LogP contribution in [0.1, 0.15) is 0 Å². The van der Waals surface area contributed by atoms with Gasteiger partial charge in [-0.2, -0.15) is 0 Å².